The molecular weight excluding hydrogens is 228 g/mol. The number of ether oxygens (including phenoxy) is 1. The summed E-state index contributed by atoms with van der Waals surface area (Å²) in [5, 5.41) is 0. The van der Waals surface area contributed by atoms with Crippen molar-refractivity contribution in [2.45, 2.75) is 40.0 Å². The summed E-state index contributed by atoms with van der Waals surface area (Å²) in [6.45, 7) is 9.46. The number of hydrogen-bond acceptors (Lipinski definition) is 2. The molecule has 0 aliphatic carbocycles. The van der Waals surface area contributed by atoms with Gasteiger partial charge in [0.25, 0.3) is 0 Å². The van der Waals surface area contributed by atoms with Crippen LogP contribution in [0, 0.1) is 12.8 Å². The highest BCUT2D eigenvalue weighted by Gasteiger charge is 2.10. The van der Waals surface area contributed by atoms with Crippen LogP contribution in [-0.2, 0) is 0 Å². The molecule has 2 heteroatoms. The normalized spacial score (nSPS) is 12.8. The zero-order chi connectivity index (χ0) is 12.8. The van der Waals surface area contributed by atoms with E-state index in [1.165, 1.54) is 11.1 Å². The quantitative estimate of drug-likeness (QED) is 0.736. The van der Waals surface area contributed by atoms with Crippen molar-refractivity contribution in [2.75, 3.05) is 12.4 Å². The highest BCUT2D eigenvalue weighted by molar-refractivity contribution is 7.80. The molecule has 0 aromatic heterocycles. The van der Waals surface area contributed by atoms with Crippen LogP contribution in [0.15, 0.2) is 18.2 Å². The molecule has 0 aliphatic heterocycles. The second-order valence-corrected chi connectivity index (χ2v) is 5.33. The lowest BCUT2D eigenvalue weighted by Gasteiger charge is -2.18. The predicted molar refractivity (Wildman–Crippen MR) is 78.4 cm³/mol. The Morgan fingerprint density at radius 2 is 2.00 bits per heavy atom. The molecule has 0 spiro atoms. The molecule has 0 saturated heterocycles. The average Bonchev–Trinajstić information content (AvgIpc) is 2.30. The second-order valence-electron chi connectivity index (χ2n) is 4.96. The monoisotopic (exact) mass is 252 g/mol. The van der Waals surface area contributed by atoms with Crippen molar-refractivity contribution in [1.29, 1.82) is 0 Å². The summed E-state index contributed by atoms with van der Waals surface area (Å²) in [6.07, 6.45) is 1.12. The summed E-state index contributed by atoms with van der Waals surface area (Å²) in [5.41, 5.74) is 2.55. The second kappa shape index (κ2) is 6.95. The van der Waals surface area contributed by atoms with E-state index in [4.69, 9.17) is 4.74 Å². The zero-order valence-electron chi connectivity index (χ0n) is 11.4. The van der Waals surface area contributed by atoms with Gasteiger partial charge in [-0.15, -0.1) is 0 Å². The summed E-state index contributed by atoms with van der Waals surface area (Å²) >= 11 is 4.35. The predicted octanol–water partition coefficient (Wildman–Crippen LogP) is 4.45. The molecule has 0 aliphatic rings. The maximum absolute atomic E-state index is 5.97. The van der Waals surface area contributed by atoms with Crippen molar-refractivity contribution in [2.24, 2.45) is 5.92 Å². The van der Waals surface area contributed by atoms with E-state index in [-0.39, 0.29) is 0 Å². The Bertz CT molecular complexity index is 343. The third kappa shape index (κ3) is 4.27. The largest absolute Gasteiger partial charge is 0.493 e. The maximum Gasteiger partial charge on any atom is 0.123 e. The van der Waals surface area contributed by atoms with Crippen molar-refractivity contribution < 1.29 is 4.74 Å². The molecule has 96 valence electrons. The van der Waals surface area contributed by atoms with E-state index in [2.05, 4.69) is 58.5 Å². The van der Waals surface area contributed by atoms with E-state index < -0.39 is 0 Å². The van der Waals surface area contributed by atoms with Gasteiger partial charge in [0.05, 0.1) is 6.61 Å². The van der Waals surface area contributed by atoms with Crippen molar-refractivity contribution in [3.8, 4) is 5.75 Å². The lowest BCUT2D eigenvalue weighted by atomic mass is 10.0. The molecule has 0 fully saturated rings. The summed E-state index contributed by atoms with van der Waals surface area (Å²) in [7, 11) is 0. The number of hydrogen-bond donors (Lipinski definition) is 1. The van der Waals surface area contributed by atoms with Gasteiger partial charge in [0.15, 0.2) is 0 Å². The Balaban J connectivity index is 2.78. The standard InChI is InChI=1S/C15H24OS/c1-5-13(10-17)9-16-15-8-12(4)6-7-14(15)11(2)3/h6-8,11,13,17H,5,9-10H2,1-4H3. The SMILES string of the molecule is CCC(CS)COc1cc(C)ccc1C(C)C. The molecule has 0 N–H and O–H groups in total. The summed E-state index contributed by atoms with van der Waals surface area (Å²) in [5.74, 6) is 2.97. The number of benzene rings is 1. The lowest BCUT2D eigenvalue weighted by Crippen LogP contribution is -2.13. The number of aryl methyl sites for hydroxylation is 1. The molecule has 0 bridgehead atoms. The van der Waals surface area contributed by atoms with Gasteiger partial charge in [-0.25, -0.2) is 0 Å². The lowest BCUT2D eigenvalue weighted by molar-refractivity contribution is 0.256. The minimum atomic E-state index is 0.502. The van der Waals surface area contributed by atoms with Crippen LogP contribution < -0.4 is 4.74 Å². The van der Waals surface area contributed by atoms with Crippen LogP contribution in [-0.4, -0.2) is 12.4 Å². The molecular formula is C15H24OS. The van der Waals surface area contributed by atoms with Crippen LogP contribution in [0.2, 0.25) is 0 Å². The van der Waals surface area contributed by atoms with Gasteiger partial charge in [0.2, 0.25) is 0 Å². The Morgan fingerprint density at radius 1 is 1.29 bits per heavy atom. The van der Waals surface area contributed by atoms with Crippen molar-refractivity contribution >= 4 is 12.6 Å². The fraction of sp³-hybridized carbons (Fsp3) is 0.600. The summed E-state index contributed by atoms with van der Waals surface area (Å²) in [6, 6.07) is 6.47. The van der Waals surface area contributed by atoms with Gasteiger partial charge in [-0.2, -0.15) is 12.6 Å². The Morgan fingerprint density at radius 3 is 2.53 bits per heavy atom. The van der Waals surface area contributed by atoms with E-state index in [9.17, 15) is 0 Å². The third-order valence-electron chi connectivity index (χ3n) is 3.10. The van der Waals surface area contributed by atoms with Crippen molar-refractivity contribution in [1.82, 2.24) is 0 Å². The number of thiol groups is 1. The fourth-order valence-electron chi connectivity index (χ4n) is 1.75. The van der Waals surface area contributed by atoms with Gasteiger partial charge < -0.3 is 4.74 Å². The third-order valence-corrected chi connectivity index (χ3v) is 3.62. The van der Waals surface area contributed by atoms with Gasteiger partial charge in [0.1, 0.15) is 5.75 Å². The zero-order valence-corrected chi connectivity index (χ0v) is 12.3. The van der Waals surface area contributed by atoms with E-state index in [1.807, 2.05) is 0 Å². The first-order valence-electron chi connectivity index (χ1n) is 6.42. The van der Waals surface area contributed by atoms with Crippen LogP contribution in [0.3, 0.4) is 0 Å². The highest BCUT2D eigenvalue weighted by Crippen LogP contribution is 2.28. The first-order valence-corrected chi connectivity index (χ1v) is 7.05. The summed E-state index contributed by atoms with van der Waals surface area (Å²) in [4.78, 5) is 0. The van der Waals surface area contributed by atoms with Crippen LogP contribution in [0.1, 0.15) is 44.2 Å². The molecule has 1 unspecified atom stereocenters. The molecule has 17 heavy (non-hydrogen) atoms. The van der Waals surface area contributed by atoms with E-state index in [1.54, 1.807) is 0 Å². The summed E-state index contributed by atoms with van der Waals surface area (Å²) < 4.78 is 5.97. The average molecular weight is 252 g/mol. The Labute approximate surface area is 111 Å². The minimum Gasteiger partial charge on any atom is -0.493 e. The minimum absolute atomic E-state index is 0.502. The molecule has 0 amide bonds. The Kier molecular flexibility index (Phi) is 5.90. The Hall–Kier alpha value is -0.630. The van der Waals surface area contributed by atoms with Gasteiger partial charge in [-0.1, -0.05) is 32.9 Å². The molecule has 1 nitrogen and oxygen atoms in total. The van der Waals surface area contributed by atoms with Crippen LogP contribution >= 0.6 is 12.6 Å². The van der Waals surface area contributed by atoms with E-state index in [0.29, 0.717) is 11.8 Å². The first-order chi connectivity index (χ1) is 8.08. The molecule has 0 saturated carbocycles. The van der Waals surface area contributed by atoms with E-state index in [0.717, 1.165) is 24.5 Å². The van der Waals surface area contributed by atoms with Gasteiger partial charge in [-0.05, 0) is 42.2 Å². The van der Waals surface area contributed by atoms with Gasteiger partial charge >= 0.3 is 0 Å². The van der Waals surface area contributed by atoms with Crippen molar-refractivity contribution in [3.05, 3.63) is 29.3 Å². The van der Waals surface area contributed by atoms with Crippen molar-refractivity contribution in [3.63, 3.8) is 0 Å². The highest BCUT2D eigenvalue weighted by atomic mass is 32.1. The topological polar surface area (TPSA) is 9.23 Å². The van der Waals surface area contributed by atoms with Gasteiger partial charge in [-0.3, -0.25) is 0 Å². The fourth-order valence-corrected chi connectivity index (χ4v) is 2.11. The molecule has 1 rings (SSSR count). The van der Waals surface area contributed by atoms with E-state index >= 15 is 0 Å². The number of rotatable bonds is 6. The van der Waals surface area contributed by atoms with Crippen LogP contribution in [0.5, 0.6) is 5.75 Å². The first kappa shape index (κ1) is 14.4. The molecule has 1 aromatic rings. The smallest absolute Gasteiger partial charge is 0.123 e. The van der Waals surface area contributed by atoms with Crippen LogP contribution in [0.25, 0.3) is 0 Å². The maximum atomic E-state index is 5.97. The molecule has 1 aromatic carbocycles. The van der Waals surface area contributed by atoms with Gasteiger partial charge in [0, 0.05) is 5.92 Å². The molecule has 1 atom stereocenters. The molecule has 0 radical (unpaired) electrons. The molecule has 0 heterocycles. The van der Waals surface area contributed by atoms with Crippen LogP contribution in [0.4, 0.5) is 0 Å².